The second-order valence-electron chi connectivity index (χ2n) is 4.45. The predicted octanol–water partition coefficient (Wildman–Crippen LogP) is 2.78. The molecule has 0 radical (unpaired) electrons. The predicted molar refractivity (Wildman–Crippen MR) is 70.9 cm³/mol. The number of non-ortho nitro benzene ring substituents is 1. The molecule has 0 spiro atoms. The van der Waals surface area contributed by atoms with E-state index >= 15 is 0 Å². The van der Waals surface area contributed by atoms with Gasteiger partial charge in [0.25, 0.3) is 11.6 Å². The van der Waals surface area contributed by atoms with Crippen LogP contribution in [0.4, 0.5) is 10.1 Å². The maximum Gasteiger partial charge on any atom is 0.272 e. The Balaban J connectivity index is 2.13. The third kappa shape index (κ3) is 3.09. The van der Waals surface area contributed by atoms with Gasteiger partial charge in [-0.25, -0.2) is 4.39 Å². The Kier molecular flexibility index (Phi) is 4.14. The van der Waals surface area contributed by atoms with Crippen LogP contribution in [0.2, 0.25) is 0 Å². The molecule has 5 nitrogen and oxygen atoms in total. The van der Waals surface area contributed by atoms with Crippen molar-refractivity contribution < 1.29 is 14.1 Å². The summed E-state index contributed by atoms with van der Waals surface area (Å²) in [6, 6.07) is 3.00. The highest BCUT2D eigenvalue weighted by Gasteiger charge is 2.27. The van der Waals surface area contributed by atoms with Gasteiger partial charge in [-0.3, -0.25) is 14.9 Å². The molecule has 2 unspecified atom stereocenters. The van der Waals surface area contributed by atoms with Crippen molar-refractivity contribution in [2.75, 3.05) is 0 Å². The van der Waals surface area contributed by atoms with Gasteiger partial charge < -0.3 is 5.32 Å². The van der Waals surface area contributed by atoms with E-state index in [1.54, 1.807) is 0 Å². The SMILES string of the molecule is O=C(NC1CCCC1Br)c1ccc([N+](=O)[O-])cc1F. The molecule has 1 N–H and O–H groups in total. The van der Waals surface area contributed by atoms with Crippen LogP contribution in [0.5, 0.6) is 0 Å². The van der Waals surface area contributed by atoms with Crippen molar-refractivity contribution in [3.63, 3.8) is 0 Å². The monoisotopic (exact) mass is 330 g/mol. The van der Waals surface area contributed by atoms with E-state index in [0.717, 1.165) is 37.5 Å². The van der Waals surface area contributed by atoms with Crippen LogP contribution >= 0.6 is 15.9 Å². The largest absolute Gasteiger partial charge is 0.348 e. The standard InChI is InChI=1S/C12H12BrFN2O3/c13-9-2-1-3-11(9)15-12(17)8-5-4-7(16(18)19)6-10(8)14/h4-6,9,11H,1-3H2,(H,15,17). The zero-order chi connectivity index (χ0) is 14.0. The molecule has 0 saturated heterocycles. The number of hydrogen-bond donors (Lipinski definition) is 1. The minimum absolute atomic E-state index is 0.0258. The van der Waals surface area contributed by atoms with Gasteiger partial charge in [-0.2, -0.15) is 0 Å². The summed E-state index contributed by atoms with van der Waals surface area (Å²) in [5.41, 5.74) is -0.537. The van der Waals surface area contributed by atoms with E-state index < -0.39 is 16.6 Å². The Morgan fingerprint density at radius 1 is 1.47 bits per heavy atom. The fraction of sp³-hybridized carbons (Fsp3) is 0.417. The molecule has 7 heteroatoms. The van der Waals surface area contributed by atoms with E-state index in [0.29, 0.717) is 0 Å². The maximum atomic E-state index is 13.7. The van der Waals surface area contributed by atoms with Crippen LogP contribution in [-0.2, 0) is 0 Å². The van der Waals surface area contributed by atoms with E-state index in [1.807, 2.05) is 0 Å². The summed E-state index contributed by atoms with van der Waals surface area (Å²) in [7, 11) is 0. The summed E-state index contributed by atoms with van der Waals surface area (Å²) in [5, 5.41) is 13.2. The summed E-state index contributed by atoms with van der Waals surface area (Å²) in [6.45, 7) is 0. The molecule has 1 aliphatic rings. The number of benzene rings is 1. The second-order valence-corrected chi connectivity index (χ2v) is 5.62. The molecule has 1 fully saturated rings. The van der Waals surface area contributed by atoms with Crippen molar-refractivity contribution in [1.82, 2.24) is 5.32 Å². The Morgan fingerprint density at radius 2 is 2.21 bits per heavy atom. The number of nitrogens with zero attached hydrogens (tertiary/aromatic N) is 1. The van der Waals surface area contributed by atoms with Crippen molar-refractivity contribution in [3.8, 4) is 0 Å². The van der Waals surface area contributed by atoms with Crippen molar-refractivity contribution in [2.45, 2.75) is 30.1 Å². The van der Waals surface area contributed by atoms with Crippen LogP contribution in [0.3, 0.4) is 0 Å². The van der Waals surface area contributed by atoms with Crippen LogP contribution in [0.1, 0.15) is 29.6 Å². The van der Waals surface area contributed by atoms with Gasteiger partial charge in [-0.05, 0) is 18.9 Å². The first kappa shape index (κ1) is 13.9. The van der Waals surface area contributed by atoms with Gasteiger partial charge in [0.15, 0.2) is 0 Å². The van der Waals surface area contributed by atoms with Crippen LogP contribution in [-0.4, -0.2) is 21.7 Å². The number of rotatable bonds is 3. The Hall–Kier alpha value is -1.50. The highest BCUT2D eigenvalue weighted by Crippen LogP contribution is 2.26. The average Bonchev–Trinajstić information content (AvgIpc) is 2.74. The number of carbonyl (C=O) groups is 1. The summed E-state index contributed by atoms with van der Waals surface area (Å²) in [6.07, 6.45) is 2.81. The first-order valence-electron chi connectivity index (χ1n) is 5.88. The van der Waals surface area contributed by atoms with Crippen molar-refractivity contribution in [3.05, 3.63) is 39.7 Å². The minimum Gasteiger partial charge on any atom is -0.348 e. The van der Waals surface area contributed by atoms with Gasteiger partial charge in [-0.15, -0.1) is 0 Å². The molecule has 1 aromatic carbocycles. The lowest BCUT2D eigenvalue weighted by Gasteiger charge is -2.16. The smallest absolute Gasteiger partial charge is 0.272 e. The molecule has 0 heterocycles. The average molecular weight is 331 g/mol. The molecule has 2 rings (SSSR count). The van der Waals surface area contributed by atoms with Gasteiger partial charge in [0.2, 0.25) is 0 Å². The number of hydrogen-bond acceptors (Lipinski definition) is 3. The zero-order valence-electron chi connectivity index (χ0n) is 9.94. The second kappa shape index (κ2) is 5.64. The van der Waals surface area contributed by atoms with Crippen molar-refractivity contribution >= 4 is 27.5 Å². The summed E-state index contributed by atoms with van der Waals surface area (Å²) >= 11 is 3.46. The number of halogens is 2. The Labute approximate surface area is 117 Å². The lowest BCUT2D eigenvalue weighted by Crippen LogP contribution is -2.38. The highest BCUT2D eigenvalue weighted by molar-refractivity contribution is 9.09. The van der Waals surface area contributed by atoms with Gasteiger partial charge in [0, 0.05) is 16.9 Å². The van der Waals surface area contributed by atoms with Crippen LogP contribution in [0, 0.1) is 15.9 Å². The fourth-order valence-electron chi connectivity index (χ4n) is 2.13. The molecule has 0 bridgehead atoms. The topological polar surface area (TPSA) is 72.2 Å². The summed E-state index contributed by atoms with van der Waals surface area (Å²) < 4.78 is 13.7. The van der Waals surface area contributed by atoms with Crippen LogP contribution in [0.15, 0.2) is 18.2 Å². The van der Waals surface area contributed by atoms with Gasteiger partial charge >= 0.3 is 0 Å². The fourth-order valence-corrected chi connectivity index (χ4v) is 2.85. The third-order valence-corrected chi connectivity index (χ3v) is 4.25. The lowest BCUT2D eigenvalue weighted by molar-refractivity contribution is -0.385. The zero-order valence-corrected chi connectivity index (χ0v) is 11.5. The molecule has 1 saturated carbocycles. The highest BCUT2D eigenvalue weighted by atomic mass is 79.9. The normalized spacial score (nSPS) is 22.2. The number of amides is 1. The van der Waals surface area contributed by atoms with E-state index in [1.165, 1.54) is 0 Å². The van der Waals surface area contributed by atoms with Gasteiger partial charge in [-0.1, -0.05) is 22.4 Å². The first-order valence-corrected chi connectivity index (χ1v) is 6.79. The number of carbonyl (C=O) groups excluding carboxylic acids is 1. The van der Waals surface area contributed by atoms with E-state index in [9.17, 15) is 19.3 Å². The number of nitrogens with one attached hydrogen (secondary N) is 1. The molecule has 1 aromatic rings. The molecule has 102 valence electrons. The molecular formula is C12H12BrFN2O3. The first-order chi connectivity index (χ1) is 8.99. The summed E-state index contributed by atoms with van der Waals surface area (Å²) in [5.74, 6) is -1.42. The van der Waals surface area contributed by atoms with E-state index in [2.05, 4.69) is 21.2 Å². The molecule has 2 atom stereocenters. The molecular weight excluding hydrogens is 319 g/mol. The molecule has 19 heavy (non-hydrogen) atoms. The number of alkyl halides is 1. The molecule has 0 aliphatic heterocycles. The Bertz CT molecular complexity index is 524. The molecule has 0 aromatic heterocycles. The quantitative estimate of drug-likeness (QED) is 0.526. The van der Waals surface area contributed by atoms with Gasteiger partial charge in [0.05, 0.1) is 16.6 Å². The van der Waals surface area contributed by atoms with Crippen molar-refractivity contribution in [1.29, 1.82) is 0 Å². The maximum absolute atomic E-state index is 13.7. The number of nitro groups is 1. The van der Waals surface area contributed by atoms with Crippen molar-refractivity contribution in [2.24, 2.45) is 0 Å². The Morgan fingerprint density at radius 3 is 2.74 bits per heavy atom. The van der Waals surface area contributed by atoms with Crippen LogP contribution < -0.4 is 5.32 Å². The third-order valence-electron chi connectivity index (χ3n) is 3.16. The van der Waals surface area contributed by atoms with Gasteiger partial charge in [0.1, 0.15) is 5.82 Å². The van der Waals surface area contributed by atoms with E-state index in [4.69, 9.17) is 0 Å². The molecule has 1 aliphatic carbocycles. The summed E-state index contributed by atoms with van der Waals surface area (Å²) in [4.78, 5) is 21.9. The van der Waals surface area contributed by atoms with Crippen LogP contribution in [0.25, 0.3) is 0 Å². The van der Waals surface area contributed by atoms with E-state index in [-0.39, 0.29) is 22.1 Å². The molecule has 1 amide bonds. The minimum atomic E-state index is -0.879. The lowest BCUT2D eigenvalue weighted by atomic mass is 10.1. The number of nitro benzene ring substituents is 1.